The summed E-state index contributed by atoms with van der Waals surface area (Å²) in [4.78, 5) is 14.6. The van der Waals surface area contributed by atoms with E-state index in [1.165, 1.54) is 0 Å². The average molecular weight is 255 g/mol. The second kappa shape index (κ2) is 7.74. The molecule has 0 aliphatic carbocycles. The van der Waals surface area contributed by atoms with Crippen molar-refractivity contribution in [3.05, 3.63) is 0 Å². The van der Waals surface area contributed by atoms with E-state index in [0.717, 1.165) is 58.5 Å². The number of carbonyl (C=O) groups excluding carboxylic acids is 1. The van der Waals surface area contributed by atoms with Gasteiger partial charge in [0.2, 0.25) is 5.91 Å². The minimum absolute atomic E-state index is 0.144. The molecule has 1 unspecified atom stereocenters. The van der Waals surface area contributed by atoms with Gasteiger partial charge in [-0.25, -0.2) is 0 Å². The van der Waals surface area contributed by atoms with Gasteiger partial charge in [-0.2, -0.15) is 0 Å². The van der Waals surface area contributed by atoms with E-state index >= 15 is 0 Å². The molecule has 1 rings (SSSR count). The topological polar surface area (TPSA) is 44.4 Å². The molecule has 4 nitrogen and oxygen atoms in total. The first-order chi connectivity index (χ1) is 8.68. The normalized spacial score (nSPS) is 23.6. The van der Waals surface area contributed by atoms with Crippen LogP contribution in [0.15, 0.2) is 0 Å². The highest BCUT2D eigenvalue weighted by molar-refractivity contribution is 5.83. The lowest BCUT2D eigenvalue weighted by Gasteiger charge is -2.25. The molecule has 106 valence electrons. The maximum absolute atomic E-state index is 12.2. The summed E-state index contributed by atoms with van der Waals surface area (Å²) < 4.78 is 0. The Bertz CT molecular complexity index is 245. The first kappa shape index (κ1) is 15.4. The molecule has 4 heteroatoms. The molecule has 0 spiro atoms. The third kappa shape index (κ3) is 3.95. The number of amides is 1. The predicted octanol–water partition coefficient (Wildman–Crippen LogP) is 1.22. The van der Waals surface area contributed by atoms with Crippen molar-refractivity contribution in [2.75, 3.05) is 39.3 Å². The van der Waals surface area contributed by atoms with Gasteiger partial charge in [0.25, 0.3) is 0 Å². The summed E-state index contributed by atoms with van der Waals surface area (Å²) in [6.45, 7) is 12.3. The van der Waals surface area contributed by atoms with Gasteiger partial charge in [0.15, 0.2) is 0 Å². The zero-order chi connectivity index (χ0) is 13.4. The van der Waals surface area contributed by atoms with E-state index in [4.69, 9.17) is 0 Å². The Kier molecular flexibility index (Phi) is 6.65. The summed E-state index contributed by atoms with van der Waals surface area (Å²) in [5.74, 6) is 0.245. The zero-order valence-electron chi connectivity index (χ0n) is 12.2. The summed E-state index contributed by atoms with van der Waals surface area (Å²) in [5.41, 5.74) is -0.144. The van der Waals surface area contributed by atoms with Crippen LogP contribution in [0.5, 0.6) is 0 Å². The SMILES string of the molecule is CCN(CC)CCCNC(=O)C1(CC)CCNC1. The van der Waals surface area contributed by atoms with Gasteiger partial charge in [-0.15, -0.1) is 0 Å². The van der Waals surface area contributed by atoms with Crippen LogP contribution >= 0.6 is 0 Å². The van der Waals surface area contributed by atoms with Crippen molar-refractivity contribution in [3.63, 3.8) is 0 Å². The molecule has 18 heavy (non-hydrogen) atoms. The van der Waals surface area contributed by atoms with Crippen molar-refractivity contribution >= 4 is 5.91 Å². The Morgan fingerprint density at radius 1 is 1.33 bits per heavy atom. The zero-order valence-corrected chi connectivity index (χ0v) is 12.2. The van der Waals surface area contributed by atoms with E-state index in [-0.39, 0.29) is 11.3 Å². The fourth-order valence-electron chi connectivity index (χ4n) is 2.63. The van der Waals surface area contributed by atoms with E-state index in [0.29, 0.717) is 0 Å². The van der Waals surface area contributed by atoms with E-state index in [9.17, 15) is 4.79 Å². The lowest BCUT2D eigenvalue weighted by atomic mass is 9.83. The largest absolute Gasteiger partial charge is 0.356 e. The molecule has 1 aliphatic heterocycles. The average Bonchev–Trinajstić information content (AvgIpc) is 2.88. The fourth-order valence-corrected chi connectivity index (χ4v) is 2.63. The predicted molar refractivity (Wildman–Crippen MR) is 75.6 cm³/mol. The first-order valence-corrected chi connectivity index (χ1v) is 7.40. The second-order valence-electron chi connectivity index (χ2n) is 5.20. The van der Waals surface area contributed by atoms with Crippen molar-refractivity contribution in [2.24, 2.45) is 5.41 Å². The van der Waals surface area contributed by atoms with Crippen LogP contribution in [0.2, 0.25) is 0 Å². The minimum Gasteiger partial charge on any atom is -0.356 e. The third-order valence-electron chi connectivity index (χ3n) is 4.23. The van der Waals surface area contributed by atoms with E-state index < -0.39 is 0 Å². The van der Waals surface area contributed by atoms with Gasteiger partial charge in [-0.3, -0.25) is 4.79 Å². The number of hydrogen-bond donors (Lipinski definition) is 2. The lowest BCUT2D eigenvalue weighted by molar-refractivity contribution is -0.130. The van der Waals surface area contributed by atoms with Gasteiger partial charge in [0.05, 0.1) is 5.41 Å². The van der Waals surface area contributed by atoms with Crippen molar-refractivity contribution in [3.8, 4) is 0 Å². The van der Waals surface area contributed by atoms with Gasteiger partial charge in [0.1, 0.15) is 0 Å². The van der Waals surface area contributed by atoms with Crippen molar-refractivity contribution in [1.29, 1.82) is 0 Å². The number of hydrogen-bond acceptors (Lipinski definition) is 3. The Balaban J connectivity index is 2.24. The van der Waals surface area contributed by atoms with Gasteiger partial charge < -0.3 is 15.5 Å². The highest BCUT2D eigenvalue weighted by atomic mass is 16.2. The minimum atomic E-state index is -0.144. The second-order valence-corrected chi connectivity index (χ2v) is 5.20. The molecule has 0 aromatic rings. The maximum Gasteiger partial charge on any atom is 0.227 e. The van der Waals surface area contributed by atoms with Crippen LogP contribution in [0.3, 0.4) is 0 Å². The molecule has 1 atom stereocenters. The molecule has 0 aromatic carbocycles. The maximum atomic E-state index is 12.2. The van der Waals surface area contributed by atoms with Gasteiger partial charge >= 0.3 is 0 Å². The molecule has 0 radical (unpaired) electrons. The summed E-state index contributed by atoms with van der Waals surface area (Å²) in [6, 6.07) is 0. The molecule has 1 fully saturated rings. The molecule has 1 amide bonds. The Morgan fingerprint density at radius 3 is 2.56 bits per heavy atom. The quantitative estimate of drug-likeness (QED) is 0.641. The van der Waals surface area contributed by atoms with Crippen LogP contribution < -0.4 is 10.6 Å². The van der Waals surface area contributed by atoms with Crippen molar-refractivity contribution < 1.29 is 4.79 Å². The monoisotopic (exact) mass is 255 g/mol. The molecule has 2 N–H and O–H groups in total. The van der Waals surface area contributed by atoms with E-state index in [2.05, 4.69) is 36.3 Å². The lowest BCUT2D eigenvalue weighted by Crippen LogP contribution is -2.43. The van der Waals surface area contributed by atoms with Crippen molar-refractivity contribution in [1.82, 2.24) is 15.5 Å². The molecule has 1 saturated heterocycles. The first-order valence-electron chi connectivity index (χ1n) is 7.40. The molecule has 0 saturated carbocycles. The van der Waals surface area contributed by atoms with Gasteiger partial charge in [-0.05, 0) is 45.4 Å². The van der Waals surface area contributed by atoms with Gasteiger partial charge in [-0.1, -0.05) is 20.8 Å². The van der Waals surface area contributed by atoms with Crippen LogP contribution in [0.1, 0.15) is 40.0 Å². The fraction of sp³-hybridized carbons (Fsp3) is 0.929. The third-order valence-corrected chi connectivity index (χ3v) is 4.23. The highest BCUT2D eigenvalue weighted by Gasteiger charge is 2.38. The van der Waals surface area contributed by atoms with Crippen LogP contribution in [0, 0.1) is 5.41 Å². The standard InChI is InChI=1S/C14H29N3O/c1-4-14(8-10-15-12-14)13(18)16-9-7-11-17(5-2)6-3/h15H,4-12H2,1-3H3,(H,16,18). The molecule has 1 aliphatic rings. The number of nitrogens with zero attached hydrogens (tertiary/aromatic N) is 1. The number of carbonyl (C=O) groups is 1. The summed E-state index contributed by atoms with van der Waals surface area (Å²) >= 11 is 0. The smallest absolute Gasteiger partial charge is 0.227 e. The highest BCUT2D eigenvalue weighted by Crippen LogP contribution is 2.29. The molecule has 0 aromatic heterocycles. The summed E-state index contributed by atoms with van der Waals surface area (Å²) in [5, 5.41) is 6.42. The van der Waals surface area contributed by atoms with E-state index in [1.54, 1.807) is 0 Å². The Morgan fingerprint density at radius 2 is 2.06 bits per heavy atom. The molecule has 0 bridgehead atoms. The Hall–Kier alpha value is -0.610. The van der Waals surface area contributed by atoms with Crippen molar-refractivity contribution in [2.45, 2.75) is 40.0 Å². The summed E-state index contributed by atoms with van der Waals surface area (Å²) in [7, 11) is 0. The number of nitrogens with one attached hydrogen (secondary N) is 2. The summed E-state index contributed by atoms with van der Waals surface area (Å²) in [6.07, 6.45) is 2.95. The molecular weight excluding hydrogens is 226 g/mol. The van der Waals surface area contributed by atoms with Crippen LogP contribution in [-0.4, -0.2) is 50.1 Å². The van der Waals surface area contributed by atoms with Crippen LogP contribution in [0.4, 0.5) is 0 Å². The molecular formula is C14H29N3O. The van der Waals surface area contributed by atoms with Crippen LogP contribution in [-0.2, 0) is 4.79 Å². The molecule has 1 heterocycles. The van der Waals surface area contributed by atoms with Crippen LogP contribution in [0.25, 0.3) is 0 Å². The van der Waals surface area contributed by atoms with E-state index in [1.807, 2.05) is 0 Å². The number of rotatable bonds is 8. The van der Waals surface area contributed by atoms with Gasteiger partial charge in [0, 0.05) is 13.1 Å². The Labute approximate surface area is 111 Å².